The second kappa shape index (κ2) is 15.5. The molecule has 51 heavy (non-hydrogen) atoms. The Hall–Kier alpha value is -4.30. The van der Waals surface area contributed by atoms with Crippen LogP contribution in [0.2, 0.25) is 0 Å². The third-order valence-corrected chi connectivity index (χ3v) is 10.4. The van der Waals surface area contributed by atoms with Crippen molar-refractivity contribution >= 4 is 25.4 Å². The summed E-state index contributed by atoms with van der Waals surface area (Å²) in [6.07, 6.45) is 3.92. The lowest BCUT2D eigenvalue weighted by molar-refractivity contribution is -0.0213. The van der Waals surface area contributed by atoms with Gasteiger partial charge in [-0.25, -0.2) is 9.18 Å². The molecule has 10 heteroatoms. The van der Waals surface area contributed by atoms with E-state index in [1.165, 1.54) is 85.1 Å². The summed E-state index contributed by atoms with van der Waals surface area (Å²) in [5, 5.41) is 0. The van der Waals surface area contributed by atoms with Crippen LogP contribution in [0.1, 0.15) is 90.9 Å². The summed E-state index contributed by atoms with van der Waals surface area (Å²) in [4.78, 5) is 27.0. The van der Waals surface area contributed by atoms with Gasteiger partial charge in [0.25, 0.3) is 0 Å². The molecule has 0 saturated carbocycles. The number of ether oxygens (including phenoxy) is 1. The number of alkyl halides is 2. The molecule has 0 amide bonds. The van der Waals surface area contributed by atoms with Crippen LogP contribution in [-0.2, 0) is 35.8 Å². The molecule has 0 spiro atoms. The molecule has 0 aliphatic heterocycles. The molecule has 1 atom stereocenters. The molecule has 0 N–H and O–H groups in total. The number of allylic oxidation sites excluding steroid dienone is 1. The van der Waals surface area contributed by atoms with Gasteiger partial charge in [0, 0.05) is 11.1 Å². The number of Topliss-reactive ketones (excluding diaryl/α,β-unsaturated/α-hetero) is 1. The number of methoxy groups -OCH3 is 1. The van der Waals surface area contributed by atoms with Crippen LogP contribution in [0.3, 0.4) is 0 Å². The fourth-order valence-electron chi connectivity index (χ4n) is 5.66. The number of halogens is 3. The number of hydrogen-bond acceptors (Lipinski definition) is 6. The number of hydrogen-bond donors (Lipinski definition) is 0. The standard InChI is InChI=1S/C41H44F3O6P/c1-38(2,3)49-51(47,50-39(4,5)6)41(43,44)34-21-15-30(16-22-34)28-40(27-11-14-29-12-9-8-10-13-29,36(45)31-19-25-35(42)26-20-31)33-23-17-32(18-24-33)37(46)48-7/h8-26H,27-28H2,1-7H3. The number of carbonyl (C=O) groups excluding carboxylic acids is 2. The molecule has 0 heterocycles. The number of benzene rings is 4. The molecule has 0 aromatic heterocycles. The van der Waals surface area contributed by atoms with E-state index in [4.69, 9.17) is 13.8 Å². The van der Waals surface area contributed by atoms with E-state index < -0.39 is 47.2 Å². The van der Waals surface area contributed by atoms with Gasteiger partial charge in [0.15, 0.2) is 5.78 Å². The molecule has 4 aromatic carbocycles. The Morgan fingerprint density at radius 3 is 1.73 bits per heavy atom. The van der Waals surface area contributed by atoms with E-state index in [1.54, 1.807) is 24.3 Å². The van der Waals surface area contributed by atoms with E-state index in [0.29, 0.717) is 11.1 Å². The molecule has 0 fully saturated rings. The van der Waals surface area contributed by atoms with Crippen molar-refractivity contribution in [2.75, 3.05) is 7.11 Å². The van der Waals surface area contributed by atoms with Crippen LogP contribution in [-0.4, -0.2) is 30.1 Å². The molecule has 270 valence electrons. The lowest BCUT2D eigenvalue weighted by Gasteiger charge is -2.36. The number of rotatable bonds is 13. The summed E-state index contributed by atoms with van der Waals surface area (Å²) in [5.41, 5.74) is -5.90. The maximum atomic E-state index is 16.2. The highest BCUT2D eigenvalue weighted by atomic mass is 31.2. The largest absolute Gasteiger partial charge is 0.465 e. The maximum Gasteiger partial charge on any atom is 0.405 e. The second-order valence-corrected chi connectivity index (χ2v) is 16.2. The molecule has 0 bridgehead atoms. The maximum absolute atomic E-state index is 16.2. The van der Waals surface area contributed by atoms with E-state index in [2.05, 4.69) is 0 Å². The first kappa shape index (κ1) is 39.5. The van der Waals surface area contributed by atoms with Crippen molar-refractivity contribution in [2.45, 2.75) is 76.7 Å². The van der Waals surface area contributed by atoms with E-state index in [0.717, 1.165) is 17.7 Å². The first-order valence-corrected chi connectivity index (χ1v) is 18.0. The molecule has 1 unspecified atom stereocenters. The molecule has 0 aliphatic carbocycles. The van der Waals surface area contributed by atoms with E-state index in [1.807, 2.05) is 42.5 Å². The normalized spacial score (nSPS) is 13.9. The minimum absolute atomic E-state index is 0.0282. The SMILES string of the molecule is COC(=O)c1ccc(C(CC=Cc2ccccc2)(Cc2ccc(C(F)(F)P(=O)(OC(C)(C)C)OC(C)(C)C)cc2)C(=O)c2ccc(F)cc2)cc1. The van der Waals surface area contributed by atoms with Crippen molar-refractivity contribution in [1.29, 1.82) is 0 Å². The van der Waals surface area contributed by atoms with Crippen LogP contribution >= 0.6 is 7.60 Å². The van der Waals surface area contributed by atoms with Gasteiger partial charge in [0.1, 0.15) is 5.82 Å². The van der Waals surface area contributed by atoms with Crippen molar-refractivity contribution in [3.63, 3.8) is 0 Å². The zero-order valence-corrected chi connectivity index (χ0v) is 30.8. The lowest BCUT2D eigenvalue weighted by Crippen LogP contribution is -2.38. The monoisotopic (exact) mass is 720 g/mol. The van der Waals surface area contributed by atoms with Crippen molar-refractivity contribution in [2.24, 2.45) is 0 Å². The number of carbonyl (C=O) groups is 2. The zero-order chi connectivity index (χ0) is 37.7. The molecule has 0 aliphatic rings. The molecule has 0 radical (unpaired) electrons. The smallest absolute Gasteiger partial charge is 0.405 e. The highest BCUT2D eigenvalue weighted by Crippen LogP contribution is 2.69. The highest BCUT2D eigenvalue weighted by Gasteiger charge is 2.58. The van der Waals surface area contributed by atoms with Crippen molar-refractivity contribution in [3.05, 3.63) is 148 Å². The van der Waals surface area contributed by atoms with E-state index >= 15 is 8.78 Å². The fourth-order valence-corrected chi connectivity index (χ4v) is 7.84. The average Bonchev–Trinajstić information content (AvgIpc) is 3.06. The van der Waals surface area contributed by atoms with Crippen LogP contribution in [0.5, 0.6) is 0 Å². The predicted octanol–water partition coefficient (Wildman–Crippen LogP) is 11.0. The number of ketones is 1. The average molecular weight is 721 g/mol. The quantitative estimate of drug-likeness (QED) is 0.0777. The zero-order valence-electron chi connectivity index (χ0n) is 29.9. The van der Waals surface area contributed by atoms with Crippen LogP contribution in [0.25, 0.3) is 6.08 Å². The summed E-state index contributed by atoms with van der Waals surface area (Å²) >= 11 is 0. The third kappa shape index (κ3) is 9.73. The Labute approximate surface area is 298 Å². The second-order valence-electron chi connectivity index (χ2n) is 14.3. The van der Waals surface area contributed by atoms with Gasteiger partial charge in [-0.2, -0.15) is 8.78 Å². The minimum atomic E-state index is -5.08. The van der Waals surface area contributed by atoms with Crippen molar-refractivity contribution in [1.82, 2.24) is 0 Å². The van der Waals surface area contributed by atoms with Gasteiger partial charge < -0.3 is 4.74 Å². The van der Waals surface area contributed by atoms with Crippen molar-refractivity contribution < 1.29 is 41.1 Å². The predicted molar refractivity (Wildman–Crippen MR) is 194 cm³/mol. The summed E-state index contributed by atoms with van der Waals surface area (Å²) in [6, 6.07) is 26.4. The molecule has 0 saturated heterocycles. The Morgan fingerprint density at radius 1 is 0.706 bits per heavy atom. The summed E-state index contributed by atoms with van der Waals surface area (Å²) < 4.78 is 76.0. The number of esters is 1. The van der Waals surface area contributed by atoms with Gasteiger partial charge in [-0.3, -0.25) is 18.4 Å². The topological polar surface area (TPSA) is 78.9 Å². The van der Waals surface area contributed by atoms with Crippen molar-refractivity contribution in [3.8, 4) is 0 Å². The Bertz CT molecular complexity index is 1860. The van der Waals surface area contributed by atoms with Gasteiger partial charge in [-0.1, -0.05) is 78.9 Å². The molecular formula is C41H44F3O6P. The minimum Gasteiger partial charge on any atom is -0.465 e. The van der Waals surface area contributed by atoms with Gasteiger partial charge in [0.05, 0.1) is 29.3 Å². The Morgan fingerprint density at radius 2 is 1.22 bits per heavy atom. The molecular weight excluding hydrogens is 676 g/mol. The first-order chi connectivity index (χ1) is 23.8. The van der Waals surface area contributed by atoms with Crippen LogP contribution < -0.4 is 0 Å². The Kier molecular flexibility index (Phi) is 12.0. The summed E-state index contributed by atoms with van der Waals surface area (Å²) in [6.45, 7) is 9.12. The van der Waals surface area contributed by atoms with Crippen LogP contribution in [0.15, 0.2) is 109 Å². The fraction of sp³-hybridized carbons (Fsp3) is 0.317. The van der Waals surface area contributed by atoms with Gasteiger partial charge in [0.2, 0.25) is 0 Å². The van der Waals surface area contributed by atoms with Crippen LogP contribution in [0.4, 0.5) is 13.2 Å². The molecule has 6 nitrogen and oxygen atoms in total. The van der Waals surface area contributed by atoms with Gasteiger partial charge in [-0.15, -0.1) is 0 Å². The summed E-state index contributed by atoms with van der Waals surface area (Å²) in [7, 11) is -3.81. The van der Waals surface area contributed by atoms with Gasteiger partial charge >= 0.3 is 19.2 Å². The van der Waals surface area contributed by atoms with Crippen LogP contribution in [0, 0.1) is 5.82 Å². The third-order valence-electron chi connectivity index (χ3n) is 7.92. The first-order valence-electron chi connectivity index (χ1n) is 16.5. The van der Waals surface area contributed by atoms with E-state index in [9.17, 15) is 18.5 Å². The highest BCUT2D eigenvalue weighted by molar-refractivity contribution is 7.54. The van der Waals surface area contributed by atoms with Gasteiger partial charge in [-0.05, 0) is 107 Å². The van der Waals surface area contributed by atoms with E-state index in [-0.39, 0.29) is 29.8 Å². The lowest BCUT2D eigenvalue weighted by atomic mass is 9.68. The molecule has 4 aromatic rings. The molecule has 4 rings (SSSR count). The Balaban J connectivity index is 1.85. The summed E-state index contributed by atoms with van der Waals surface area (Å²) in [5.74, 6) is -1.41.